The number of rotatable bonds is 2. The van der Waals surface area contributed by atoms with Crippen molar-refractivity contribution in [2.75, 3.05) is 11.9 Å². The van der Waals surface area contributed by atoms with Crippen LogP contribution >= 0.6 is 15.9 Å². The van der Waals surface area contributed by atoms with E-state index in [1.807, 2.05) is 4.68 Å². The normalized spacial score (nSPS) is 15.4. The molecule has 0 aliphatic carbocycles. The van der Waals surface area contributed by atoms with E-state index in [2.05, 4.69) is 21.0 Å². The van der Waals surface area contributed by atoms with Crippen LogP contribution in [0, 0.1) is 0 Å². The Morgan fingerprint density at radius 1 is 1.56 bits per heavy atom. The number of fused-ring (bicyclic) bond motifs is 1. The molecular weight excluding hydrogens is 274 g/mol. The molecule has 0 N–H and O–H groups in total. The fourth-order valence-corrected chi connectivity index (χ4v) is 2.19. The van der Waals surface area contributed by atoms with Gasteiger partial charge in [0.15, 0.2) is 6.29 Å². The molecule has 1 aliphatic heterocycles. The Morgan fingerprint density at radius 3 is 3.06 bits per heavy atom. The van der Waals surface area contributed by atoms with E-state index in [-0.39, 0.29) is 5.91 Å². The average Bonchev–Trinajstić information content (AvgIpc) is 2.59. The van der Waals surface area contributed by atoms with E-state index in [4.69, 9.17) is 0 Å². The highest BCUT2D eigenvalue weighted by atomic mass is 79.9. The smallest absolute Gasteiger partial charge is 0.233 e. The molecule has 86 valence electrons. The lowest BCUT2D eigenvalue weighted by Crippen LogP contribution is -2.31. The highest BCUT2D eigenvalue weighted by Gasteiger charge is 2.19. The molecular formula is C10H12BrN3O2. The van der Waals surface area contributed by atoms with Crippen molar-refractivity contribution in [3.8, 4) is 0 Å². The predicted molar refractivity (Wildman–Crippen MR) is 61.4 cm³/mol. The van der Waals surface area contributed by atoms with Gasteiger partial charge in [0.2, 0.25) is 5.91 Å². The van der Waals surface area contributed by atoms with Crippen molar-refractivity contribution in [2.45, 2.75) is 19.5 Å². The van der Waals surface area contributed by atoms with Crippen LogP contribution in [0.3, 0.4) is 0 Å². The van der Waals surface area contributed by atoms with Crippen LogP contribution in [0.5, 0.6) is 0 Å². The molecule has 5 nitrogen and oxygen atoms in total. The van der Waals surface area contributed by atoms with E-state index in [1.165, 1.54) is 0 Å². The summed E-state index contributed by atoms with van der Waals surface area (Å²) in [6, 6.07) is 1.74. The summed E-state index contributed by atoms with van der Waals surface area (Å²) in [6.07, 6.45) is 1.60. The zero-order valence-electron chi connectivity index (χ0n) is 8.73. The van der Waals surface area contributed by atoms with Crippen LogP contribution in [0.25, 0.3) is 0 Å². The average molecular weight is 286 g/mol. The number of carbonyl (C=O) groups is 2. The van der Waals surface area contributed by atoms with Crippen LogP contribution in [0.1, 0.15) is 22.6 Å². The predicted octanol–water partition coefficient (Wildman–Crippen LogP) is 0.823. The van der Waals surface area contributed by atoms with Gasteiger partial charge in [-0.2, -0.15) is 5.10 Å². The molecule has 1 aliphatic rings. The summed E-state index contributed by atoms with van der Waals surface area (Å²) < 4.78 is 1.81. The Labute approximate surface area is 102 Å². The van der Waals surface area contributed by atoms with Crippen LogP contribution in [0.4, 0.5) is 0 Å². The fourth-order valence-electron chi connectivity index (χ4n) is 1.84. The first kappa shape index (κ1) is 11.3. The van der Waals surface area contributed by atoms with Crippen LogP contribution in [0.15, 0.2) is 6.07 Å². The monoisotopic (exact) mass is 285 g/mol. The molecule has 2 rings (SSSR count). The van der Waals surface area contributed by atoms with Crippen LogP contribution in [-0.4, -0.2) is 38.7 Å². The van der Waals surface area contributed by atoms with Crippen molar-refractivity contribution in [3.63, 3.8) is 0 Å². The SMILES string of the molecule is O=Cc1cc2n(n1)CCCN(C(=O)CBr)C2. The van der Waals surface area contributed by atoms with Crippen LogP contribution in [0.2, 0.25) is 0 Å². The number of aldehydes is 1. The number of alkyl halides is 1. The molecule has 2 heterocycles. The number of halogens is 1. The van der Waals surface area contributed by atoms with Gasteiger partial charge in [0.1, 0.15) is 5.69 Å². The molecule has 6 heteroatoms. The molecule has 0 saturated heterocycles. The van der Waals surface area contributed by atoms with Crippen molar-refractivity contribution in [3.05, 3.63) is 17.5 Å². The second-order valence-electron chi connectivity index (χ2n) is 3.70. The van der Waals surface area contributed by atoms with E-state index in [0.717, 1.165) is 31.5 Å². The van der Waals surface area contributed by atoms with Gasteiger partial charge in [-0.1, -0.05) is 15.9 Å². The first-order valence-electron chi connectivity index (χ1n) is 5.10. The molecule has 16 heavy (non-hydrogen) atoms. The summed E-state index contributed by atoms with van der Waals surface area (Å²) in [4.78, 5) is 24.0. The van der Waals surface area contributed by atoms with Gasteiger partial charge >= 0.3 is 0 Å². The van der Waals surface area contributed by atoms with Crippen molar-refractivity contribution >= 4 is 28.1 Å². The number of hydrogen-bond donors (Lipinski definition) is 0. The fraction of sp³-hybridized carbons (Fsp3) is 0.500. The second kappa shape index (κ2) is 4.78. The second-order valence-corrected chi connectivity index (χ2v) is 4.26. The van der Waals surface area contributed by atoms with Gasteiger partial charge in [-0.25, -0.2) is 0 Å². The first-order chi connectivity index (χ1) is 7.74. The molecule has 0 spiro atoms. The number of aromatic nitrogens is 2. The maximum absolute atomic E-state index is 11.6. The molecule has 0 atom stereocenters. The Balaban J connectivity index is 2.22. The van der Waals surface area contributed by atoms with Gasteiger partial charge in [-0.3, -0.25) is 14.3 Å². The highest BCUT2D eigenvalue weighted by Crippen LogP contribution is 2.13. The summed E-state index contributed by atoms with van der Waals surface area (Å²) in [5.41, 5.74) is 1.36. The van der Waals surface area contributed by atoms with Crippen molar-refractivity contribution in [1.29, 1.82) is 0 Å². The summed E-state index contributed by atoms with van der Waals surface area (Å²) in [6.45, 7) is 2.03. The third-order valence-electron chi connectivity index (χ3n) is 2.62. The third kappa shape index (κ3) is 2.16. The number of nitrogens with zero attached hydrogens (tertiary/aromatic N) is 3. The van der Waals surface area contributed by atoms with Crippen LogP contribution in [-0.2, 0) is 17.9 Å². The number of carbonyl (C=O) groups excluding carboxylic acids is 2. The number of aryl methyl sites for hydroxylation is 1. The van der Waals surface area contributed by atoms with Crippen molar-refractivity contribution < 1.29 is 9.59 Å². The Hall–Kier alpha value is -1.17. The van der Waals surface area contributed by atoms with Crippen molar-refractivity contribution in [1.82, 2.24) is 14.7 Å². The maximum Gasteiger partial charge on any atom is 0.233 e. The molecule has 1 aromatic heterocycles. The summed E-state index contributed by atoms with van der Waals surface area (Å²) in [5.74, 6) is 0.0716. The Bertz CT molecular complexity index is 416. The zero-order valence-corrected chi connectivity index (χ0v) is 10.3. The molecule has 0 saturated carbocycles. The minimum Gasteiger partial charge on any atom is -0.336 e. The van der Waals surface area contributed by atoms with Gasteiger partial charge in [-0.05, 0) is 12.5 Å². The van der Waals surface area contributed by atoms with E-state index < -0.39 is 0 Å². The van der Waals surface area contributed by atoms with Gasteiger partial charge in [0.25, 0.3) is 0 Å². The lowest BCUT2D eigenvalue weighted by Gasteiger charge is -2.18. The van der Waals surface area contributed by atoms with Gasteiger partial charge in [0.05, 0.1) is 17.6 Å². The minimum absolute atomic E-state index is 0.0716. The maximum atomic E-state index is 11.6. The Morgan fingerprint density at radius 2 is 2.38 bits per heavy atom. The van der Waals surface area contributed by atoms with Crippen LogP contribution < -0.4 is 0 Å². The standard InChI is InChI=1S/C10H12BrN3O2/c11-5-10(16)13-2-1-3-14-9(6-13)4-8(7-15)12-14/h4,7H,1-3,5-6H2. The highest BCUT2D eigenvalue weighted by molar-refractivity contribution is 9.09. The molecule has 1 aromatic rings. The van der Waals surface area contributed by atoms with E-state index >= 15 is 0 Å². The van der Waals surface area contributed by atoms with E-state index in [9.17, 15) is 9.59 Å². The largest absolute Gasteiger partial charge is 0.336 e. The first-order valence-corrected chi connectivity index (χ1v) is 6.22. The van der Waals surface area contributed by atoms with Gasteiger partial charge in [-0.15, -0.1) is 0 Å². The summed E-state index contributed by atoms with van der Waals surface area (Å²) in [7, 11) is 0. The molecule has 0 bridgehead atoms. The minimum atomic E-state index is 0.0716. The summed E-state index contributed by atoms with van der Waals surface area (Å²) >= 11 is 3.16. The Kier molecular flexibility index (Phi) is 3.38. The quantitative estimate of drug-likeness (QED) is 0.597. The van der Waals surface area contributed by atoms with Gasteiger partial charge in [0, 0.05) is 13.1 Å². The van der Waals surface area contributed by atoms with E-state index in [0.29, 0.717) is 17.6 Å². The molecule has 0 aromatic carbocycles. The van der Waals surface area contributed by atoms with Gasteiger partial charge < -0.3 is 4.90 Å². The number of hydrogen-bond acceptors (Lipinski definition) is 3. The number of amides is 1. The third-order valence-corrected chi connectivity index (χ3v) is 3.10. The topological polar surface area (TPSA) is 55.2 Å². The van der Waals surface area contributed by atoms with Crippen molar-refractivity contribution in [2.24, 2.45) is 0 Å². The lowest BCUT2D eigenvalue weighted by molar-refractivity contribution is -0.128. The summed E-state index contributed by atoms with van der Waals surface area (Å²) in [5, 5.41) is 4.48. The molecule has 0 unspecified atom stereocenters. The lowest BCUT2D eigenvalue weighted by atomic mass is 10.3. The zero-order chi connectivity index (χ0) is 11.5. The molecule has 0 radical (unpaired) electrons. The van der Waals surface area contributed by atoms with E-state index in [1.54, 1.807) is 11.0 Å². The molecule has 1 amide bonds. The molecule has 0 fully saturated rings.